The first-order valence-corrected chi connectivity index (χ1v) is 7.78. The summed E-state index contributed by atoms with van der Waals surface area (Å²) in [5.41, 5.74) is 6.41. The maximum atomic E-state index is 12.2. The van der Waals surface area contributed by atoms with Gasteiger partial charge in [-0.1, -0.05) is 27.7 Å². The van der Waals surface area contributed by atoms with Gasteiger partial charge in [-0.2, -0.15) is 0 Å². The molecule has 0 bridgehead atoms. The summed E-state index contributed by atoms with van der Waals surface area (Å²) >= 11 is 0. The van der Waals surface area contributed by atoms with Crippen LogP contribution in [0.4, 0.5) is 0 Å². The Labute approximate surface area is 117 Å². The fourth-order valence-electron chi connectivity index (χ4n) is 3.85. The van der Waals surface area contributed by atoms with Crippen molar-refractivity contribution < 1.29 is 4.79 Å². The quantitative estimate of drug-likeness (QED) is 0.821. The van der Waals surface area contributed by atoms with E-state index in [0.29, 0.717) is 22.7 Å². The summed E-state index contributed by atoms with van der Waals surface area (Å²) in [7, 11) is 0. The molecule has 110 valence electrons. The highest BCUT2D eigenvalue weighted by Crippen LogP contribution is 2.67. The van der Waals surface area contributed by atoms with Gasteiger partial charge < -0.3 is 11.1 Å². The zero-order valence-electron chi connectivity index (χ0n) is 13.0. The van der Waals surface area contributed by atoms with Gasteiger partial charge in [0.25, 0.3) is 0 Å². The van der Waals surface area contributed by atoms with Crippen molar-refractivity contribution in [3.63, 3.8) is 0 Å². The zero-order chi connectivity index (χ0) is 14.3. The van der Waals surface area contributed by atoms with E-state index < -0.39 is 0 Å². The number of nitrogens with two attached hydrogens (primary N) is 1. The highest BCUT2D eigenvalue weighted by atomic mass is 16.1. The first-order chi connectivity index (χ1) is 8.80. The number of hydrogen-bond acceptors (Lipinski definition) is 2. The number of hydrogen-bond donors (Lipinski definition) is 2. The van der Waals surface area contributed by atoms with E-state index in [1.165, 1.54) is 0 Å². The van der Waals surface area contributed by atoms with Crippen LogP contribution in [-0.2, 0) is 4.79 Å². The van der Waals surface area contributed by atoms with Crippen molar-refractivity contribution in [1.82, 2.24) is 5.32 Å². The lowest BCUT2D eigenvalue weighted by Gasteiger charge is -2.26. The maximum Gasteiger partial charge on any atom is 0.223 e. The van der Waals surface area contributed by atoms with Crippen LogP contribution in [0.1, 0.15) is 53.4 Å². The molecule has 0 unspecified atom stereocenters. The second kappa shape index (κ2) is 5.08. The summed E-state index contributed by atoms with van der Waals surface area (Å²) in [4.78, 5) is 12.2. The van der Waals surface area contributed by atoms with E-state index in [1.807, 2.05) is 0 Å². The summed E-state index contributed by atoms with van der Waals surface area (Å²) in [6.07, 6.45) is 4.28. The molecule has 0 aromatic rings. The molecule has 3 N–H and O–H groups in total. The van der Waals surface area contributed by atoms with Crippen LogP contribution in [0, 0.1) is 28.6 Å². The Balaban J connectivity index is 1.75. The second-order valence-electron chi connectivity index (χ2n) is 7.69. The third-order valence-electron chi connectivity index (χ3n) is 6.35. The van der Waals surface area contributed by atoms with E-state index in [4.69, 9.17) is 5.73 Å². The fourth-order valence-corrected chi connectivity index (χ4v) is 3.85. The molecule has 0 aliphatic heterocycles. The van der Waals surface area contributed by atoms with Gasteiger partial charge in [0.05, 0.1) is 0 Å². The van der Waals surface area contributed by atoms with Crippen molar-refractivity contribution >= 4 is 5.91 Å². The minimum absolute atomic E-state index is 0.229. The normalized spacial score (nSPS) is 32.9. The third-order valence-corrected chi connectivity index (χ3v) is 6.35. The van der Waals surface area contributed by atoms with E-state index in [1.54, 1.807) is 0 Å². The van der Waals surface area contributed by atoms with E-state index >= 15 is 0 Å². The standard InChI is InChI=1S/C16H30N2O/c1-15(2)13(16(15,3)4)10-18-14(19)12-7-5-11(9-17)6-8-12/h11-13H,5-10,17H2,1-4H3,(H,18,19). The van der Waals surface area contributed by atoms with Gasteiger partial charge in [0, 0.05) is 12.5 Å². The molecule has 2 aliphatic carbocycles. The van der Waals surface area contributed by atoms with Crippen molar-refractivity contribution in [3.05, 3.63) is 0 Å². The van der Waals surface area contributed by atoms with Gasteiger partial charge >= 0.3 is 0 Å². The maximum absolute atomic E-state index is 12.2. The van der Waals surface area contributed by atoms with Gasteiger partial charge in [-0.25, -0.2) is 0 Å². The van der Waals surface area contributed by atoms with Crippen molar-refractivity contribution in [2.45, 2.75) is 53.4 Å². The number of carbonyl (C=O) groups excluding carboxylic acids is 1. The Bertz CT molecular complexity index is 327. The molecule has 0 aromatic carbocycles. The molecule has 1 amide bonds. The first kappa shape index (κ1) is 14.8. The molecule has 3 heteroatoms. The van der Waals surface area contributed by atoms with E-state index in [2.05, 4.69) is 33.0 Å². The average molecular weight is 266 g/mol. The minimum atomic E-state index is 0.229. The molecular formula is C16H30N2O. The molecular weight excluding hydrogens is 236 g/mol. The topological polar surface area (TPSA) is 55.1 Å². The Morgan fingerprint density at radius 2 is 1.63 bits per heavy atom. The minimum Gasteiger partial charge on any atom is -0.356 e. The Kier molecular flexibility index (Phi) is 3.97. The van der Waals surface area contributed by atoms with Crippen LogP contribution >= 0.6 is 0 Å². The molecule has 2 rings (SSSR count). The zero-order valence-corrected chi connectivity index (χ0v) is 13.0. The van der Waals surface area contributed by atoms with Crippen LogP contribution in [0.3, 0.4) is 0 Å². The van der Waals surface area contributed by atoms with Crippen molar-refractivity contribution in [3.8, 4) is 0 Å². The summed E-state index contributed by atoms with van der Waals surface area (Å²) in [6.45, 7) is 10.8. The van der Waals surface area contributed by atoms with E-state index in [-0.39, 0.29) is 11.8 Å². The molecule has 0 radical (unpaired) electrons. The number of rotatable bonds is 4. The lowest BCUT2D eigenvalue weighted by atomic mass is 9.81. The smallest absolute Gasteiger partial charge is 0.223 e. The SMILES string of the molecule is CC1(C)C(CNC(=O)C2CCC(CN)CC2)C1(C)C. The van der Waals surface area contributed by atoms with Crippen LogP contribution < -0.4 is 11.1 Å². The monoisotopic (exact) mass is 266 g/mol. The Morgan fingerprint density at radius 1 is 1.11 bits per heavy atom. The van der Waals surface area contributed by atoms with Crippen LogP contribution in [0.25, 0.3) is 0 Å². The van der Waals surface area contributed by atoms with Crippen LogP contribution in [0.2, 0.25) is 0 Å². The van der Waals surface area contributed by atoms with Gasteiger partial charge in [0.2, 0.25) is 5.91 Å². The van der Waals surface area contributed by atoms with Gasteiger partial charge in [0.1, 0.15) is 0 Å². The highest BCUT2D eigenvalue weighted by molar-refractivity contribution is 5.78. The molecule has 0 heterocycles. The van der Waals surface area contributed by atoms with Gasteiger partial charge in [0.15, 0.2) is 0 Å². The van der Waals surface area contributed by atoms with Gasteiger partial charge in [-0.3, -0.25) is 4.79 Å². The molecule has 19 heavy (non-hydrogen) atoms. The molecule has 2 aliphatic rings. The van der Waals surface area contributed by atoms with Crippen LogP contribution in [-0.4, -0.2) is 19.0 Å². The lowest BCUT2D eigenvalue weighted by molar-refractivity contribution is -0.126. The number of amides is 1. The molecule has 0 atom stereocenters. The van der Waals surface area contributed by atoms with Crippen molar-refractivity contribution in [1.29, 1.82) is 0 Å². The second-order valence-corrected chi connectivity index (χ2v) is 7.69. The lowest BCUT2D eigenvalue weighted by Crippen LogP contribution is -2.35. The van der Waals surface area contributed by atoms with Crippen molar-refractivity contribution in [2.75, 3.05) is 13.1 Å². The first-order valence-electron chi connectivity index (χ1n) is 7.78. The third kappa shape index (κ3) is 2.67. The van der Waals surface area contributed by atoms with Crippen LogP contribution in [0.5, 0.6) is 0 Å². The number of carbonyl (C=O) groups is 1. The molecule has 2 fully saturated rings. The predicted molar refractivity (Wildman–Crippen MR) is 78.6 cm³/mol. The molecule has 0 aromatic heterocycles. The summed E-state index contributed by atoms with van der Waals surface area (Å²) < 4.78 is 0. The fraction of sp³-hybridized carbons (Fsp3) is 0.938. The molecule has 2 saturated carbocycles. The van der Waals surface area contributed by atoms with Crippen LogP contribution in [0.15, 0.2) is 0 Å². The summed E-state index contributed by atoms with van der Waals surface area (Å²) in [5, 5.41) is 3.19. The molecule has 0 spiro atoms. The largest absolute Gasteiger partial charge is 0.356 e. The molecule has 0 saturated heterocycles. The Hall–Kier alpha value is -0.570. The summed E-state index contributed by atoms with van der Waals surface area (Å²) in [6, 6.07) is 0. The molecule has 3 nitrogen and oxygen atoms in total. The Morgan fingerprint density at radius 3 is 2.05 bits per heavy atom. The highest BCUT2D eigenvalue weighted by Gasteiger charge is 2.64. The predicted octanol–water partition coefficient (Wildman–Crippen LogP) is 2.55. The van der Waals surface area contributed by atoms with E-state index in [9.17, 15) is 4.79 Å². The van der Waals surface area contributed by atoms with Crippen molar-refractivity contribution in [2.24, 2.45) is 34.3 Å². The van der Waals surface area contributed by atoms with E-state index in [0.717, 1.165) is 38.8 Å². The van der Waals surface area contributed by atoms with Gasteiger partial charge in [-0.15, -0.1) is 0 Å². The van der Waals surface area contributed by atoms with Gasteiger partial charge in [-0.05, 0) is 54.9 Å². The average Bonchev–Trinajstić information content (AvgIpc) is 2.77. The number of nitrogens with one attached hydrogen (secondary N) is 1. The summed E-state index contributed by atoms with van der Waals surface area (Å²) in [5.74, 6) is 1.76.